The minimum atomic E-state index is 0.438. The van der Waals surface area contributed by atoms with Crippen LogP contribution in [-0.2, 0) is 0 Å². The molecular formula is C11H18N2O. The first-order chi connectivity index (χ1) is 6.67. The number of rotatable bonds is 4. The van der Waals surface area contributed by atoms with E-state index in [2.05, 4.69) is 19.2 Å². The zero-order valence-corrected chi connectivity index (χ0v) is 9.00. The third-order valence-electron chi connectivity index (χ3n) is 2.24. The van der Waals surface area contributed by atoms with Crippen LogP contribution < -0.4 is 15.8 Å². The van der Waals surface area contributed by atoms with Crippen molar-refractivity contribution in [2.24, 2.45) is 0 Å². The Hall–Kier alpha value is -1.38. The molecule has 0 radical (unpaired) electrons. The molecule has 0 spiro atoms. The molecule has 0 aliphatic carbocycles. The molecule has 3 heteroatoms. The summed E-state index contributed by atoms with van der Waals surface area (Å²) in [5.74, 6) is 0.797. The summed E-state index contributed by atoms with van der Waals surface area (Å²) >= 11 is 0. The molecule has 78 valence electrons. The summed E-state index contributed by atoms with van der Waals surface area (Å²) in [4.78, 5) is 0. The van der Waals surface area contributed by atoms with Crippen molar-refractivity contribution in [1.29, 1.82) is 0 Å². The van der Waals surface area contributed by atoms with Gasteiger partial charge in [0.1, 0.15) is 5.75 Å². The topological polar surface area (TPSA) is 47.3 Å². The number of benzene rings is 1. The molecule has 3 N–H and O–H groups in total. The van der Waals surface area contributed by atoms with Crippen molar-refractivity contribution in [3.63, 3.8) is 0 Å². The fraction of sp³-hybridized carbons (Fsp3) is 0.455. The lowest BCUT2D eigenvalue weighted by Crippen LogP contribution is -2.14. The maximum absolute atomic E-state index is 5.66. The van der Waals surface area contributed by atoms with Gasteiger partial charge < -0.3 is 15.8 Å². The van der Waals surface area contributed by atoms with Crippen LogP contribution in [0.4, 0.5) is 11.4 Å². The second-order valence-corrected chi connectivity index (χ2v) is 3.41. The Balaban J connectivity index is 2.85. The van der Waals surface area contributed by atoms with Crippen molar-refractivity contribution in [3.8, 4) is 5.75 Å². The lowest BCUT2D eigenvalue weighted by atomic mass is 10.2. The highest BCUT2D eigenvalue weighted by Crippen LogP contribution is 2.27. The molecule has 1 aromatic rings. The number of anilines is 2. The Bertz CT molecular complexity index is 299. The highest BCUT2D eigenvalue weighted by Gasteiger charge is 2.05. The van der Waals surface area contributed by atoms with Crippen LogP contribution >= 0.6 is 0 Å². The molecular weight excluding hydrogens is 176 g/mol. The third kappa shape index (κ3) is 2.55. The summed E-state index contributed by atoms with van der Waals surface area (Å²) in [5.41, 5.74) is 7.37. The van der Waals surface area contributed by atoms with Crippen LogP contribution in [-0.4, -0.2) is 13.2 Å². The highest BCUT2D eigenvalue weighted by molar-refractivity contribution is 5.62. The zero-order valence-electron chi connectivity index (χ0n) is 9.00. The van der Waals surface area contributed by atoms with Crippen molar-refractivity contribution < 1.29 is 4.74 Å². The van der Waals surface area contributed by atoms with E-state index in [1.165, 1.54) is 0 Å². The van der Waals surface area contributed by atoms with Crippen LogP contribution in [0.15, 0.2) is 18.2 Å². The van der Waals surface area contributed by atoms with E-state index in [-0.39, 0.29) is 0 Å². The lowest BCUT2D eigenvalue weighted by molar-refractivity contribution is 0.416. The number of hydrogen-bond acceptors (Lipinski definition) is 3. The van der Waals surface area contributed by atoms with Crippen LogP contribution in [0.1, 0.15) is 20.3 Å². The first kappa shape index (κ1) is 10.7. The molecule has 3 nitrogen and oxygen atoms in total. The summed E-state index contributed by atoms with van der Waals surface area (Å²) in [6.45, 7) is 4.28. The van der Waals surface area contributed by atoms with E-state index < -0.39 is 0 Å². The summed E-state index contributed by atoms with van der Waals surface area (Å²) in [5, 5.41) is 3.36. The van der Waals surface area contributed by atoms with Gasteiger partial charge in [0.05, 0.1) is 12.8 Å². The lowest BCUT2D eigenvalue weighted by Gasteiger charge is -2.16. The van der Waals surface area contributed by atoms with E-state index in [9.17, 15) is 0 Å². The van der Waals surface area contributed by atoms with Crippen LogP contribution in [0.25, 0.3) is 0 Å². The van der Waals surface area contributed by atoms with Gasteiger partial charge in [0.25, 0.3) is 0 Å². The van der Waals surface area contributed by atoms with E-state index in [0.717, 1.165) is 23.5 Å². The molecule has 1 unspecified atom stereocenters. The van der Waals surface area contributed by atoms with Crippen molar-refractivity contribution in [2.45, 2.75) is 26.3 Å². The molecule has 1 rings (SSSR count). The Morgan fingerprint density at radius 2 is 2.21 bits per heavy atom. The summed E-state index contributed by atoms with van der Waals surface area (Å²) in [6.07, 6.45) is 1.08. The quantitative estimate of drug-likeness (QED) is 0.724. The smallest absolute Gasteiger partial charge is 0.144 e. The number of hydrogen-bond donors (Lipinski definition) is 2. The second kappa shape index (κ2) is 4.74. The molecule has 0 bridgehead atoms. The van der Waals surface area contributed by atoms with Crippen molar-refractivity contribution in [1.82, 2.24) is 0 Å². The molecule has 0 aliphatic rings. The minimum absolute atomic E-state index is 0.438. The van der Waals surface area contributed by atoms with E-state index >= 15 is 0 Å². The molecule has 0 saturated carbocycles. The number of nitrogen functional groups attached to an aromatic ring is 1. The summed E-state index contributed by atoms with van der Waals surface area (Å²) in [7, 11) is 1.65. The van der Waals surface area contributed by atoms with Gasteiger partial charge in [0.2, 0.25) is 0 Å². The number of nitrogens with one attached hydrogen (secondary N) is 1. The maximum atomic E-state index is 5.66. The molecule has 0 saturated heterocycles. The predicted octanol–water partition coefficient (Wildman–Crippen LogP) is 2.49. The number of ether oxygens (including phenoxy) is 1. The van der Waals surface area contributed by atoms with Gasteiger partial charge >= 0.3 is 0 Å². The first-order valence-corrected chi connectivity index (χ1v) is 4.87. The van der Waals surface area contributed by atoms with E-state index in [1.807, 2.05) is 18.2 Å². The van der Waals surface area contributed by atoms with Gasteiger partial charge in [-0.2, -0.15) is 0 Å². The van der Waals surface area contributed by atoms with Crippen LogP contribution in [0, 0.1) is 0 Å². The normalized spacial score (nSPS) is 12.2. The largest absolute Gasteiger partial charge is 0.495 e. The molecule has 0 aliphatic heterocycles. The zero-order chi connectivity index (χ0) is 10.6. The van der Waals surface area contributed by atoms with Crippen molar-refractivity contribution >= 4 is 11.4 Å². The number of methoxy groups -OCH3 is 1. The SMILES string of the molecule is CCC(C)Nc1ccc(N)cc1OC. The molecule has 14 heavy (non-hydrogen) atoms. The van der Waals surface area contributed by atoms with Gasteiger partial charge in [-0.3, -0.25) is 0 Å². The average Bonchev–Trinajstić information content (AvgIpc) is 2.20. The number of nitrogens with two attached hydrogens (primary N) is 1. The van der Waals surface area contributed by atoms with E-state index in [0.29, 0.717) is 6.04 Å². The Kier molecular flexibility index (Phi) is 3.63. The van der Waals surface area contributed by atoms with Crippen LogP contribution in [0.5, 0.6) is 5.75 Å². The molecule has 0 amide bonds. The third-order valence-corrected chi connectivity index (χ3v) is 2.24. The Morgan fingerprint density at radius 1 is 1.50 bits per heavy atom. The highest BCUT2D eigenvalue weighted by atomic mass is 16.5. The van der Waals surface area contributed by atoms with Gasteiger partial charge in [-0.25, -0.2) is 0 Å². The van der Waals surface area contributed by atoms with Crippen molar-refractivity contribution in [2.75, 3.05) is 18.2 Å². The molecule has 0 aromatic heterocycles. The van der Waals surface area contributed by atoms with Gasteiger partial charge in [-0.1, -0.05) is 6.92 Å². The summed E-state index contributed by atoms with van der Waals surface area (Å²) < 4.78 is 5.23. The Morgan fingerprint density at radius 3 is 2.79 bits per heavy atom. The fourth-order valence-corrected chi connectivity index (χ4v) is 1.19. The molecule has 1 atom stereocenters. The second-order valence-electron chi connectivity index (χ2n) is 3.41. The maximum Gasteiger partial charge on any atom is 0.144 e. The van der Waals surface area contributed by atoms with Gasteiger partial charge in [-0.05, 0) is 25.5 Å². The van der Waals surface area contributed by atoms with E-state index in [4.69, 9.17) is 10.5 Å². The standard InChI is InChI=1S/C11H18N2O/c1-4-8(2)13-10-6-5-9(12)7-11(10)14-3/h5-8,13H,4,12H2,1-3H3. The predicted molar refractivity (Wildman–Crippen MR) is 60.8 cm³/mol. The van der Waals surface area contributed by atoms with Gasteiger partial charge in [0, 0.05) is 17.8 Å². The van der Waals surface area contributed by atoms with Crippen LogP contribution in [0.3, 0.4) is 0 Å². The average molecular weight is 194 g/mol. The van der Waals surface area contributed by atoms with Gasteiger partial charge in [0.15, 0.2) is 0 Å². The summed E-state index contributed by atoms with van der Waals surface area (Å²) in [6, 6.07) is 6.07. The molecule has 0 heterocycles. The van der Waals surface area contributed by atoms with E-state index in [1.54, 1.807) is 7.11 Å². The van der Waals surface area contributed by atoms with Crippen molar-refractivity contribution in [3.05, 3.63) is 18.2 Å². The fourth-order valence-electron chi connectivity index (χ4n) is 1.19. The molecule has 0 fully saturated rings. The Labute approximate surface area is 85.3 Å². The first-order valence-electron chi connectivity index (χ1n) is 4.87. The monoisotopic (exact) mass is 194 g/mol. The molecule has 1 aromatic carbocycles. The van der Waals surface area contributed by atoms with Crippen LogP contribution in [0.2, 0.25) is 0 Å². The van der Waals surface area contributed by atoms with Gasteiger partial charge in [-0.15, -0.1) is 0 Å². The minimum Gasteiger partial charge on any atom is -0.495 e.